The molecule has 0 amide bonds. The van der Waals surface area contributed by atoms with Gasteiger partial charge in [0.1, 0.15) is 0 Å². The Bertz CT molecular complexity index is 771. The maximum absolute atomic E-state index is 10.1. The van der Waals surface area contributed by atoms with Gasteiger partial charge in [-0.3, -0.25) is 0 Å². The molecule has 9 heteroatoms. The molecule has 0 bridgehead atoms. The third-order valence-corrected chi connectivity index (χ3v) is 11.9. The number of rotatable bonds is 48. The van der Waals surface area contributed by atoms with Crippen molar-refractivity contribution in [1.82, 2.24) is 0 Å². The second-order valence-corrected chi connectivity index (χ2v) is 18.6. The van der Waals surface area contributed by atoms with Crippen LogP contribution < -0.4 is 20.4 Å². The van der Waals surface area contributed by atoms with E-state index in [1.54, 1.807) is 0 Å². The molecule has 0 N–H and O–H groups in total. The molecule has 0 aliphatic rings. The molecule has 0 saturated heterocycles. The Kier molecular flexibility index (Phi) is 77.2. The van der Waals surface area contributed by atoms with Gasteiger partial charge in [0.2, 0.25) is 0 Å². The third kappa shape index (κ3) is 89.8. The molecule has 0 radical (unpaired) electrons. The molecule has 386 valence electrons. The molecule has 65 heavy (non-hydrogen) atoms. The molecular formula is C56H108O8W. The van der Waals surface area contributed by atoms with E-state index in [2.05, 4.69) is 27.7 Å². The van der Waals surface area contributed by atoms with Crippen molar-refractivity contribution in [2.24, 2.45) is 0 Å². The summed E-state index contributed by atoms with van der Waals surface area (Å²) >= 11 is 0. The molecule has 0 aromatic rings. The van der Waals surface area contributed by atoms with Crippen molar-refractivity contribution in [3.8, 4) is 0 Å². The molecule has 0 atom stereocenters. The first-order valence-corrected chi connectivity index (χ1v) is 27.9. The molecule has 0 heterocycles. The predicted octanol–water partition coefficient (Wildman–Crippen LogP) is 13.7. The smallest absolute Gasteiger partial charge is 0.550 e. The molecule has 0 aromatic carbocycles. The number of carbonyl (C=O) groups excluding carboxylic acids is 4. The Morgan fingerprint density at radius 3 is 0.385 bits per heavy atom. The molecule has 8 nitrogen and oxygen atoms in total. The van der Waals surface area contributed by atoms with Crippen molar-refractivity contribution in [2.75, 3.05) is 0 Å². The molecular weight excluding hydrogens is 984 g/mol. The van der Waals surface area contributed by atoms with Crippen LogP contribution in [0.4, 0.5) is 0 Å². The zero-order valence-electron chi connectivity index (χ0n) is 43.6. The minimum Gasteiger partial charge on any atom is -0.550 e. The van der Waals surface area contributed by atoms with Crippen LogP contribution in [-0.4, -0.2) is 23.9 Å². The zero-order valence-corrected chi connectivity index (χ0v) is 46.5. The van der Waals surface area contributed by atoms with Crippen LogP contribution in [0, 0.1) is 0 Å². The molecule has 0 fully saturated rings. The SMILES string of the molecule is CCCCCCCCCCCCCC(=O)[O-].CCCCCCCCCCCCCC(=O)[O-].CCCCCCCCCCCCCC(=O)[O-].CCCCCCCCCCCCCC(=O)[O-].[W+4]. The zero-order chi connectivity index (χ0) is 48.3. The van der Waals surface area contributed by atoms with Gasteiger partial charge in [-0.25, -0.2) is 0 Å². The van der Waals surface area contributed by atoms with Crippen molar-refractivity contribution in [2.45, 2.75) is 336 Å². The van der Waals surface area contributed by atoms with Gasteiger partial charge < -0.3 is 39.6 Å². The molecule has 0 spiro atoms. The van der Waals surface area contributed by atoms with Crippen molar-refractivity contribution < 1.29 is 60.7 Å². The summed E-state index contributed by atoms with van der Waals surface area (Å²) in [5.74, 6) is -3.63. The van der Waals surface area contributed by atoms with Crippen LogP contribution in [0.25, 0.3) is 0 Å². The van der Waals surface area contributed by atoms with Crippen LogP contribution in [0.3, 0.4) is 0 Å². The van der Waals surface area contributed by atoms with Gasteiger partial charge in [0.25, 0.3) is 0 Å². The summed E-state index contributed by atoms with van der Waals surface area (Å²) in [7, 11) is 0. The topological polar surface area (TPSA) is 161 Å². The van der Waals surface area contributed by atoms with E-state index in [0.717, 1.165) is 51.4 Å². The minimum absolute atomic E-state index is 0. The molecule has 0 unspecified atom stereocenters. The Hall–Kier alpha value is -1.43. The molecule has 0 aliphatic heterocycles. The fourth-order valence-electron chi connectivity index (χ4n) is 7.73. The van der Waals surface area contributed by atoms with Crippen LogP contribution in [-0.2, 0) is 40.2 Å². The fourth-order valence-corrected chi connectivity index (χ4v) is 7.73. The minimum atomic E-state index is -0.907. The predicted molar refractivity (Wildman–Crippen MR) is 264 cm³/mol. The van der Waals surface area contributed by atoms with Gasteiger partial charge in [-0.2, -0.15) is 0 Å². The number of carboxylic acid groups (broad SMARTS) is 4. The van der Waals surface area contributed by atoms with E-state index >= 15 is 0 Å². The van der Waals surface area contributed by atoms with E-state index in [1.165, 1.54) is 231 Å². The first-order chi connectivity index (χ1) is 31.1. The standard InChI is InChI=1S/4C14H28O2.W/c4*1-2-3-4-5-6-7-8-9-10-11-12-13-14(15)16;/h4*2-13H2,1H3,(H,15,16);/q;;;;+4/p-4. The summed E-state index contributed by atoms with van der Waals surface area (Å²) in [5.41, 5.74) is 0. The van der Waals surface area contributed by atoms with E-state index in [9.17, 15) is 39.6 Å². The van der Waals surface area contributed by atoms with E-state index < -0.39 is 23.9 Å². The Morgan fingerprint density at radius 1 is 0.200 bits per heavy atom. The number of carbonyl (C=O) groups is 4. The van der Waals surface area contributed by atoms with E-state index in [4.69, 9.17) is 0 Å². The normalized spacial score (nSPS) is 10.4. The maximum Gasteiger partial charge on any atom is 4.00 e. The molecule has 0 saturated carbocycles. The van der Waals surface area contributed by atoms with Crippen LogP contribution in [0.5, 0.6) is 0 Å². The fraction of sp³-hybridized carbons (Fsp3) is 0.929. The van der Waals surface area contributed by atoms with Crippen molar-refractivity contribution in [1.29, 1.82) is 0 Å². The summed E-state index contributed by atoms with van der Waals surface area (Å²) < 4.78 is 0. The Labute approximate surface area is 418 Å². The number of hydrogen-bond acceptors (Lipinski definition) is 8. The van der Waals surface area contributed by atoms with Crippen LogP contribution in [0.1, 0.15) is 336 Å². The van der Waals surface area contributed by atoms with Crippen LogP contribution in [0.2, 0.25) is 0 Å². The van der Waals surface area contributed by atoms with E-state index in [-0.39, 0.29) is 46.7 Å². The summed E-state index contributed by atoms with van der Waals surface area (Å²) in [5, 5.41) is 40.6. The average molecular weight is 1090 g/mol. The molecule has 0 aromatic heterocycles. The molecule has 0 aliphatic carbocycles. The van der Waals surface area contributed by atoms with Gasteiger partial charge in [-0.05, 0) is 51.4 Å². The first kappa shape index (κ1) is 72.5. The second-order valence-electron chi connectivity index (χ2n) is 18.6. The molecule has 0 rings (SSSR count). The summed E-state index contributed by atoms with van der Waals surface area (Å²) in [6, 6.07) is 0. The van der Waals surface area contributed by atoms with Gasteiger partial charge in [0.05, 0.1) is 0 Å². The second kappa shape index (κ2) is 69.1. The number of aliphatic carboxylic acids is 4. The maximum atomic E-state index is 10.1. The van der Waals surface area contributed by atoms with Gasteiger partial charge in [-0.1, -0.05) is 285 Å². The number of hydrogen-bond donors (Lipinski definition) is 0. The summed E-state index contributed by atoms with van der Waals surface area (Å²) in [6.45, 7) is 8.97. The summed E-state index contributed by atoms with van der Waals surface area (Å²) in [6.07, 6.45) is 56.1. The van der Waals surface area contributed by atoms with Crippen LogP contribution in [0.15, 0.2) is 0 Å². The van der Waals surface area contributed by atoms with E-state index in [0.29, 0.717) is 0 Å². The van der Waals surface area contributed by atoms with Crippen molar-refractivity contribution >= 4 is 23.9 Å². The van der Waals surface area contributed by atoms with Crippen molar-refractivity contribution in [3.05, 3.63) is 0 Å². The van der Waals surface area contributed by atoms with Gasteiger partial charge in [0.15, 0.2) is 0 Å². The quantitative estimate of drug-likeness (QED) is 0.0544. The van der Waals surface area contributed by atoms with E-state index in [1.807, 2.05) is 0 Å². The van der Waals surface area contributed by atoms with Gasteiger partial charge in [-0.15, -0.1) is 0 Å². The van der Waals surface area contributed by atoms with Crippen molar-refractivity contribution in [3.63, 3.8) is 0 Å². The number of unbranched alkanes of at least 4 members (excludes halogenated alkanes) is 40. The van der Waals surface area contributed by atoms with Gasteiger partial charge >= 0.3 is 21.1 Å². The van der Waals surface area contributed by atoms with Crippen LogP contribution >= 0.6 is 0 Å². The number of carboxylic acids is 4. The Morgan fingerprint density at radius 2 is 0.292 bits per heavy atom. The first-order valence-electron chi connectivity index (χ1n) is 27.9. The third-order valence-electron chi connectivity index (χ3n) is 11.9. The van der Waals surface area contributed by atoms with Gasteiger partial charge in [0, 0.05) is 23.9 Å². The Balaban J connectivity index is -0.000000245. The average Bonchev–Trinajstić information content (AvgIpc) is 3.26. The monoisotopic (exact) mass is 1090 g/mol. The summed E-state index contributed by atoms with van der Waals surface area (Å²) in [4.78, 5) is 40.6. The largest absolute Gasteiger partial charge is 4.00 e.